The van der Waals surface area contributed by atoms with E-state index < -0.39 is 0 Å². The number of nitrogens with zero attached hydrogens (tertiary/aromatic N) is 1. The van der Waals surface area contributed by atoms with Crippen molar-refractivity contribution in [1.82, 2.24) is 0 Å². The van der Waals surface area contributed by atoms with E-state index in [1.165, 1.54) is 45.6 Å². The lowest BCUT2D eigenvalue weighted by Crippen LogP contribution is -2.32. The number of hydrogen-bond acceptors (Lipinski definition) is 1. The molecule has 0 amide bonds. The van der Waals surface area contributed by atoms with E-state index in [0.29, 0.717) is 23.7 Å². The Hall–Kier alpha value is -3.58. The number of fused-ring (bicyclic) bond motifs is 1. The van der Waals surface area contributed by atoms with Gasteiger partial charge in [-0.15, -0.1) is 0 Å². The molecule has 0 N–H and O–H groups in total. The van der Waals surface area contributed by atoms with Crippen LogP contribution in [0.3, 0.4) is 0 Å². The van der Waals surface area contributed by atoms with Gasteiger partial charge in [0.15, 0.2) is 0 Å². The Bertz CT molecular complexity index is 1440. The third kappa shape index (κ3) is 4.11. The average molecular weight is 484 g/mol. The first-order valence-corrected chi connectivity index (χ1v) is 13.7. The van der Waals surface area contributed by atoms with Gasteiger partial charge in [0.25, 0.3) is 0 Å². The molecule has 186 valence electrons. The second-order valence-electron chi connectivity index (χ2n) is 11.4. The van der Waals surface area contributed by atoms with E-state index in [9.17, 15) is 0 Å². The first kappa shape index (κ1) is 23.8. The van der Waals surface area contributed by atoms with Crippen LogP contribution in [0.25, 0.3) is 22.3 Å². The summed E-state index contributed by atoms with van der Waals surface area (Å²) in [5.74, 6) is 2.36. The van der Waals surface area contributed by atoms with Gasteiger partial charge in [0.05, 0.1) is 0 Å². The fourth-order valence-electron chi connectivity index (χ4n) is 6.73. The molecule has 3 unspecified atom stereocenters. The molecule has 1 nitrogen and oxygen atoms in total. The molecule has 3 aliphatic carbocycles. The van der Waals surface area contributed by atoms with Gasteiger partial charge in [0.1, 0.15) is 0 Å². The van der Waals surface area contributed by atoms with Crippen LogP contribution in [0.2, 0.25) is 0 Å². The lowest BCUT2D eigenvalue weighted by molar-refractivity contribution is 0.281. The predicted octanol–water partition coefficient (Wildman–Crippen LogP) is 9.90. The van der Waals surface area contributed by atoms with Crippen molar-refractivity contribution in [2.75, 3.05) is 11.9 Å². The summed E-state index contributed by atoms with van der Waals surface area (Å²) in [4.78, 5) is 2.26. The molecule has 3 aliphatic rings. The van der Waals surface area contributed by atoms with Crippen LogP contribution in [0, 0.1) is 18.8 Å². The van der Waals surface area contributed by atoms with Crippen LogP contribution in [0.5, 0.6) is 0 Å². The molecule has 7 rings (SSSR count). The lowest BCUT2D eigenvalue weighted by atomic mass is 9.58. The van der Waals surface area contributed by atoms with Gasteiger partial charge < -0.3 is 4.90 Å². The van der Waals surface area contributed by atoms with E-state index in [1.54, 1.807) is 16.7 Å². The minimum atomic E-state index is 0.488. The molecule has 0 heterocycles. The van der Waals surface area contributed by atoms with Gasteiger partial charge in [0, 0.05) is 30.3 Å². The van der Waals surface area contributed by atoms with Gasteiger partial charge in [-0.1, -0.05) is 97.8 Å². The highest BCUT2D eigenvalue weighted by atomic mass is 15.1. The van der Waals surface area contributed by atoms with Crippen LogP contribution < -0.4 is 4.90 Å². The molecule has 0 fully saturated rings. The standard InChI is InChI=1S/C36H37N/c1-23(2)32-22-33-25(4)21-34(32)36-30(26-9-7-6-8-10-26)19-20-31(35(33)36)27-13-17-29(18-14-27)37(5)28-15-11-24(3)12-16-28/h6-21,23,32-34H,22H2,1-5H3. The zero-order valence-corrected chi connectivity index (χ0v) is 22.7. The van der Waals surface area contributed by atoms with Crippen molar-refractivity contribution in [3.8, 4) is 22.3 Å². The fourth-order valence-corrected chi connectivity index (χ4v) is 6.73. The minimum absolute atomic E-state index is 0.488. The van der Waals surface area contributed by atoms with E-state index in [0.717, 1.165) is 0 Å². The number of allylic oxidation sites excluding steroid dienone is 2. The zero-order valence-electron chi connectivity index (χ0n) is 22.7. The number of rotatable bonds is 5. The van der Waals surface area contributed by atoms with Gasteiger partial charge in [-0.2, -0.15) is 0 Å². The van der Waals surface area contributed by atoms with Crippen molar-refractivity contribution in [2.24, 2.45) is 11.8 Å². The normalized spacial score (nSPS) is 20.1. The molecule has 0 saturated heterocycles. The van der Waals surface area contributed by atoms with Gasteiger partial charge in [-0.05, 0) is 89.8 Å². The number of benzene rings is 4. The van der Waals surface area contributed by atoms with Crippen LogP contribution >= 0.6 is 0 Å². The maximum Gasteiger partial charge on any atom is 0.0408 e. The molecule has 1 heteroatoms. The monoisotopic (exact) mass is 483 g/mol. The Morgan fingerprint density at radius 1 is 0.676 bits per heavy atom. The van der Waals surface area contributed by atoms with E-state index in [2.05, 4.69) is 137 Å². The molecule has 0 spiro atoms. The topological polar surface area (TPSA) is 3.24 Å². The maximum atomic E-state index is 2.59. The molecular formula is C36H37N. The summed E-state index contributed by atoms with van der Waals surface area (Å²) in [6.45, 7) is 9.30. The van der Waals surface area contributed by atoms with Crippen molar-refractivity contribution >= 4 is 11.4 Å². The van der Waals surface area contributed by atoms with Crippen molar-refractivity contribution < 1.29 is 0 Å². The first-order valence-electron chi connectivity index (χ1n) is 13.7. The fraction of sp³-hybridized carbons (Fsp3) is 0.278. The van der Waals surface area contributed by atoms with Gasteiger partial charge >= 0.3 is 0 Å². The van der Waals surface area contributed by atoms with Crippen LogP contribution in [0.4, 0.5) is 11.4 Å². The molecule has 4 aromatic carbocycles. The summed E-state index contributed by atoms with van der Waals surface area (Å²) in [5, 5.41) is 0. The molecule has 0 radical (unpaired) electrons. The van der Waals surface area contributed by atoms with Crippen LogP contribution in [0.15, 0.2) is 103 Å². The second-order valence-corrected chi connectivity index (χ2v) is 11.4. The van der Waals surface area contributed by atoms with Gasteiger partial charge in [-0.25, -0.2) is 0 Å². The van der Waals surface area contributed by atoms with Crippen LogP contribution in [-0.4, -0.2) is 7.05 Å². The zero-order chi connectivity index (χ0) is 25.7. The Kier molecular flexibility index (Phi) is 6.03. The van der Waals surface area contributed by atoms with Gasteiger partial charge in [0.2, 0.25) is 0 Å². The van der Waals surface area contributed by atoms with Crippen molar-refractivity contribution in [3.05, 3.63) is 119 Å². The molecule has 37 heavy (non-hydrogen) atoms. The Morgan fingerprint density at radius 3 is 1.86 bits per heavy atom. The molecule has 0 aromatic heterocycles. The highest BCUT2D eigenvalue weighted by Gasteiger charge is 2.42. The molecular weight excluding hydrogens is 446 g/mol. The second kappa shape index (κ2) is 9.38. The molecule has 3 atom stereocenters. The predicted molar refractivity (Wildman–Crippen MR) is 159 cm³/mol. The maximum absolute atomic E-state index is 2.59. The number of hydrogen-bond donors (Lipinski definition) is 0. The van der Waals surface area contributed by atoms with E-state index in [4.69, 9.17) is 0 Å². The average Bonchev–Trinajstić information content (AvgIpc) is 2.93. The summed E-state index contributed by atoms with van der Waals surface area (Å²) in [6, 6.07) is 33.7. The SMILES string of the molecule is CC1=CC2c3c(-c4ccccc4)ccc(-c4ccc(N(C)c5ccc(C)cc5)cc4)c3C1CC2C(C)C. The van der Waals surface area contributed by atoms with E-state index in [-0.39, 0.29) is 0 Å². The molecule has 0 aliphatic heterocycles. The van der Waals surface area contributed by atoms with Crippen molar-refractivity contribution in [1.29, 1.82) is 0 Å². The Labute approximate surface area is 222 Å². The highest BCUT2D eigenvalue weighted by molar-refractivity contribution is 5.82. The Balaban J connectivity index is 1.46. The third-order valence-corrected chi connectivity index (χ3v) is 8.86. The Morgan fingerprint density at radius 2 is 1.24 bits per heavy atom. The van der Waals surface area contributed by atoms with Crippen LogP contribution in [0.1, 0.15) is 55.7 Å². The summed E-state index contributed by atoms with van der Waals surface area (Å²) in [6.07, 6.45) is 3.86. The molecule has 2 bridgehead atoms. The quantitative estimate of drug-likeness (QED) is 0.255. The third-order valence-electron chi connectivity index (χ3n) is 8.86. The van der Waals surface area contributed by atoms with Crippen molar-refractivity contribution in [3.63, 3.8) is 0 Å². The summed E-state index contributed by atoms with van der Waals surface area (Å²) < 4.78 is 0. The minimum Gasteiger partial charge on any atom is -0.345 e. The lowest BCUT2D eigenvalue weighted by Gasteiger charge is -2.46. The molecule has 0 saturated carbocycles. The van der Waals surface area contributed by atoms with Crippen molar-refractivity contribution in [2.45, 2.75) is 46.0 Å². The summed E-state index contributed by atoms with van der Waals surface area (Å²) in [5.41, 5.74) is 13.9. The number of anilines is 2. The van der Waals surface area contributed by atoms with Crippen LogP contribution in [-0.2, 0) is 0 Å². The largest absolute Gasteiger partial charge is 0.345 e. The van der Waals surface area contributed by atoms with Gasteiger partial charge in [-0.3, -0.25) is 0 Å². The summed E-state index contributed by atoms with van der Waals surface area (Å²) >= 11 is 0. The van der Waals surface area contributed by atoms with E-state index >= 15 is 0 Å². The first-order chi connectivity index (χ1) is 17.9. The summed E-state index contributed by atoms with van der Waals surface area (Å²) in [7, 11) is 2.15. The highest BCUT2D eigenvalue weighted by Crippen LogP contribution is 2.58. The smallest absolute Gasteiger partial charge is 0.0408 e. The molecule has 4 aromatic rings. The van der Waals surface area contributed by atoms with E-state index in [1.807, 2.05) is 0 Å². The number of aryl methyl sites for hydroxylation is 1.